The molecule has 0 atom stereocenters. The number of aryl methyl sites for hydroxylation is 1. The number of fused-ring (bicyclic) bond motifs is 1. The predicted molar refractivity (Wildman–Crippen MR) is 79.4 cm³/mol. The molecule has 0 saturated heterocycles. The van der Waals surface area contributed by atoms with Crippen LogP contribution in [0.25, 0.3) is 11.0 Å². The van der Waals surface area contributed by atoms with E-state index in [1.807, 2.05) is 29.8 Å². The average molecular weight is 271 g/mol. The fourth-order valence-corrected chi connectivity index (χ4v) is 3.00. The minimum atomic E-state index is 0.132. The molecule has 1 aliphatic carbocycles. The molecule has 1 fully saturated rings. The summed E-state index contributed by atoms with van der Waals surface area (Å²) in [6.07, 6.45) is 8.30. The number of aromatic nitrogens is 2. The van der Waals surface area contributed by atoms with Crippen molar-refractivity contribution < 1.29 is 4.79 Å². The minimum absolute atomic E-state index is 0.132. The van der Waals surface area contributed by atoms with Crippen LogP contribution in [0.1, 0.15) is 37.7 Å². The van der Waals surface area contributed by atoms with Crippen LogP contribution in [-0.4, -0.2) is 21.5 Å². The van der Waals surface area contributed by atoms with Crippen molar-refractivity contribution in [2.24, 2.45) is 7.05 Å². The normalized spacial score (nSPS) is 16.4. The number of nitrogens with zero attached hydrogens (tertiary/aromatic N) is 2. The number of carbonyl (C=O) groups is 1. The van der Waals surface area contributed by atoms with Gasteiger partial charge in [0.15, 0.2) is 0 Å². The van der Waals surface area contributed by atoms with Gasteiger partial charge in [-0.3, -0.25) is 4.79 Å². The molecule has 20 heavy (non-hydrogen) atoms. The monoisotopic (exact) mass is 271 g/mol. The molecule has 0 bridgehead atoms. The van der Waals surface area contributed by atoms with Crippen molar-refractivity contribution in [1.82, 2.24) is 14.9 Å². The Labute approximate surface area is 119 Å². The average Bonchev–Trinajstić information content (AvgIpc) is 2.81. The highest BCUT2D eigenvalue weighted by molar-refractivity contribution is 5.82. The van der Waals surface area contributed by atoms with E-state index >= 15 is 0 Å². The van der Waals surface area contributed by atoms with Crippen LogP contribution in [0.15, 0.2) is 24.5 Å². The first-order chi connectivity index (χ1) is 9.72. The SMILES string of the molecule is Cn1cnc2cc(CC(=O)NC3CCCCC3)ccc21. The van der Waals surface area contributed by atoms with Crippen LogP contribution in [-0.2, 0) is 18.3 Å². The van der Waals surface area contributed by atoms with E-state index in [4.69, 9.17) is 0 Å². The summed E-state index contributed by atoms with van der Waals surface area (Å²) in [4.78, 5) is 16.4. The van der Waals surface area contributed by atoms with Gasteiger partial charge in [-0.05, 0) is 30.5 Å². The second kappa shape index (κ2) is 5.65. The molecule has 1 amide bonds. The van der Waals surface area contributed by atoms with Crippen LogP contribution in [0.2, 0.25) is 0 Å². The van der Waals surface area contributed by atoms with Crippen LogP contribution in [0.5, 0.6) is 0 Å². The molecular formula is C16H21N3O. The van der Waals surface area contributed by atoms with Gasteiger partial charge in [-0.1, -0.05) is 25.3 Å². The smallest absolute Gasteiger partial charge is 0.224 e. The zero-order chi connectivity index (χ0) is 13.9. The van der Waals surface area contributed by atoms with Crippen LogP contribution >= 0.6 is 0 Å². The van der Waals surface area contributed by atoms with E-state index < -0.39 is 0 Å². The van der Waals surface area contributed by atoms with E-state index in [1.54, 1.807) is 6.33 Å². The van der Waals surface area contributed by atoms with Crippen LogP contribution < -0.4 is 5.32 Å². The molecule has 1 heterocycles. The Morgan fingerprint density at radius 2 is 2.15 bits per heavy atom. The van der Waals surface area contributed by atoms with Crippen LogP contribution in [0, 0.1) is 0 Å². The Morgan fingerprint density at radius 1 is 1.35 bits per heavy atom. The maximum atomic E-state index is 12.1. The Kier molecular flexibility index (Phi) is 3.72. The zero-order valence-corrected chi connectivity index (χ0v) is 11.9. The van der Waals surface area contributed by atoms with Crippen molar-refractivity contribution in [1.29, 1.82) is 0 Å². The molecule has 1 saturated carbocycles. The molecule has 1 N–H and O–H groups in total. The summed E-state index contributed by atoms with van der Waals surface area (Å²) >= 11 is 0. The topological polar surface area (TPSA) is 46.9 Å². The van der Waals surface area contributed by atoms with E-state index in [1.165, 1.54) is 19.3 Å². The molecular weight excluding hydrogens is 250 g/mol. The fourth-order valence-electron chi connectivity index (χ4n) is 3.00. The van der Waals surface area contributed by atoms with Gasteiger partial charge < -0.3 is 9.88 Å². The lowest BCUT2D eigenvalue weighted by atomic mass is 9.95. The van der Waals surface area contributed by atoms with E-state index in [-0.39, 0.29) is 5.91 Å². The number of hydrogen-bond acceptors (Lipinski definition) is 2. The largest absolute Gasteiger partial charge is 0.353 e. The highest BCUT2D eigenvalue weighted by Crippen LogP contribution is 2.18. The third-order valence-electron chi connectivity index (χ3n) is 4.12. The van der Waals surface area contributed by atoms with E-state index in [0.717, 1.165) is 29.4 Å². The molecule has 1 aromatic heterocycles. The highest BCUT2D eigenvalue weighted by atomic mass is 16.1. The standard InChI is InChI=1S/C16H21N3O/c1-19-11-17-14-9-12(7-8-15(14)19)10-16(20)18-13-5-3-2-4-6-13/h7-9,11,13H,2-6,10H2,1H3,(H,18,20). The first-order valence-electron chi connectivity index (χ1n) is 7.42. The van der Waals surface area contributed by atoms with Gasteiger partial charge in [-0.2, -0.15) is 0 Å². The second-order valence-electron chi connectivity index (χ2n) is 5.76. The summed E-state index contributed by atoms with van der Waals surface area (Å²) in [5.74, 6) is 0.132. The molecule has 106 valence electrons. The van der Waals surface area contributed by atoms with Crippen molar-refractivity contribution in [2.75, 3.05) is 0 Å². The Bertz CT molecular complexity index is 611. The van der Waals surface area contributed by atoms with Gasteiger partial charge in [-0.25, -0.2) is 4.98 Å². The lowest BCUT2D eigenvalue weighted by Gasteiger charge is -2.22. The van der Waals surface area contributed by atoms with Gasteiger partial charge in [0.2, 0.25) is 5.91 Å². The summed E-state index contributed by atoms with van der Waals surface area (Å²) in [5.41, 5.74) is 3.08. The molecule has 1 aromatic carbocycles. The molecule has 1 aliphatic rings. The summed E-state index contributed by atoms with van der Waals surface area (Å²) in [6.45, 7) is 0. The summed E-state index contributed by atoms with van der Waals surface area (Å²) < 4.78 is 1.99. The number of benzene rings is 1. The Balaban J connectivity index is 1.64. The first-order valence-corrected chi connectivity index (χ1v) is 7.42. The predicted octanol–water partition coefficient (Wildman–Crippen LogP) is 2.56. The van der Waals surface area contributed by atoms with E-state index in [9.17, 15) is 4.79 Å². The van der Waals surface area contributed by atoms with Gasteiger partial charge in [0.25, 0.3) is 0 Å². The summed E-state index contributed by atoms with van der Waals surface area (Å²) in [6, 6.07) is 6.45. The third kappa shape index (κ3) is 2.84. The van der Waals surface area contributed by atoms with Crippen molar-refractivity contribution >= 4 is 16.9 Å². The molecule has 4 nitrogen and oxygen atoms in total. The maximum absolute atomic E-state index is 12.1. The number of amides is 1. The summed E-state index contributed by atoms with van der Waals surface area (Å²) in [7, 11) is 1.98. The second-order valence-corrected chi connectivity index (χ2v) is 5.76. The van der Waals surface area contributed by atoms with Crippen molar-refractivity contribution in [3.05, 3.63) is 30.1 Å². The number of imidazole rings is 1. The maximum Gasteiger partial charge on any atom is 0.224 e. The van der Waals surface area contributed by atoms with E-state index in [2.05, 4.69) is 10.3 Å². The van der Waals surface area contributed by atoms with Gasteiger partial charge >= 0.3 is 0 Å². The van der Waals surface area contributed by atoms with Crippen molar-refractivity contribution in [3.63, 3.8) is 0 Å². The van der Waals surface area contributed by atoms with Gasteiger partial charge in [0.05, 0.1) is 23.8 Å². The summed E-state index contributed by atoms with van der Waals surface area (Å²) in [5, 5.41) is 3.16. The first kappa shape index (κ1) is 13.2. The van der Waals surface area contributed by atoms with Crippen LogP contribution in [0.3, 0.4) is 0 Å². The highest BCUT2D eigenvalue weighted by Gasteiger charge is 2.15. The lowest BCUT2D eigenvalue weighted by molar-refractivity contribution is -0.121. The van der Waals surface area contributed by atoms with Crippen molar-refractivity contribution in [3.8, 4) is 0 Å². The lowest BCUT2D eigenvalue weighted by Crippen LogP contribution is -2.37. The van der Waals surface area contributed by atoms with E-state index in [0.29, 0.717) is 12.5 Å². The van der Waals surface area contributed by atoms with Crippen molar-refractivity contribution in [2.45, 2.75) is 44.6 Å². The van der Waals surface area contributed by atoms with Gasteiger partial charge in [0.1, 0.15) is 0 Å². The minimum Gasteiger partial charge on any atom is -0.353 e. The Morgan fingerprint density at radius 3 is 2.95 bits per heavy atom. The molecule has 0 spiro atoms. The number of rotatable bonds is 3. The number of hydrogen-bond donors (Lipinski definition) is 1. The van der Waals surface area contributed by atoms with Gasteiger partial charge in [-0.15, -0.1) is 0 Å². The molecule has 2 aromatic rings. The van der Waals surface area contributed by atoms with Gasteiger partial charge in [0, 0.05) is 13.1 Å². The van der Waals surface area contributed by atoms with Crippen LogP contribution in [0.4, 0.5) is 0 Å². The molecule has 3 rings (SSSR count). The quantitative estimate of drug-likeness (QED) is 0.932. The Hall–Kier alpha value is -1.84. The molecule has 4 heteroatoms. The number of carbonyl (C=O) groups excluding carboxylic acids is 1. The molecule has 0 unspecified atom stereocenters. The zero-order valence-electron chi connectivity index (χ0n) is 11.9. The third-order valence-corrected chi connectivity index (χ3v) is 4.12. The molecule has 0 radical (unpaired) electrons. The number of nitrogens with one attached hydrogen (secondary N) is 1. The molecule has 0 aliphatic heterocycles. The fraction of sp³-hybridized carbons (Fsp3) is 0.500.